The minimum Gasteiger partial charge on any atom is -0.308 e. The second-order valence-electron chi connectivity index (χ2n) is 10.5. The third-order valence-corrected chi connectivity index (χ3v) is 10.6. The van der Waals surface area contributed by atoms with Crippen molar-refractivity contribution in [3.05, 3.63) is 127 Å². The van der Waals surface area contributed by atoms with Crippen molar-refractivity contribution < 1.29 is 0 Å². The summed E-state index contributed by atoms with van der Waals surface area (Å²) in [5, 5.41) is 17.2. The summed E-state index contributed by atoms with van der Waals surface area (Å²) in [6.45, 7) is 0. The van der Waals surface area contributed by atoms with Gasteiger partial charge >= 0.3 is 0 Å². The molecule has 190 valence electrons. The first-order chi connectivity index (χ1) is 20.3. The number of thiophene rings is 2. The summed E-state index contributed by atoms with van der Waals surface area (Å²) >= 11 is 3.70. The van der Waals surface area contributed by atoms with E-state index >= 15 is 0 Å². The molecule has 0 atom stereocenters. The number of para-hydroxylation sites is 1. The van der Waals surface area contributed by atoms with Crippen LogP contribution < -0.4 is 0 Å². The van der Waals surface area contributed by atoms with E-state index in [0.29, 0.717) is 5.56 Å². The Morgan fingerprint density at radius 1 is 0.488 bits per heavy atom. The van der Waals surface area contributed by atoms with Crippen LogP contribution in [-0.4, -0.2) is 4.57 Å². The quantitative estimate of drug-likeness (QED) is 0.208. The highest BCUT2D eigenvalue weighted by Crippen LogP contribution is 2.43. The van der Waals surface area contributed by atoms with Crippen LogP contribution in [0.1, 0.15) is 5.56 Å². The van der Waals surface area contributed by atoms with E-state index in [0.717, 1.165) is 22.1 Å². The van der Waals surface area contributed by atoms with Gasteiger partial charge in [0.2, 0.25) is 0 Å². The van der Waals surface area contributed by atoms with Gasteiger partial charge < -0.3 is 4.57 Å². The minimum absolute atomic E-state index is 0.671. The summed E-state index contributed by atoms with van der Waals surface area (Å²) in [5.74, 6) is 0. The Hall–Kier alpha value is -4.95. The molecule has 3 heterocycles. The first-order valence-corrected chi connectivity index (χ1v) is 15.2. The van der Waals surface area contributed by atoms with Gasteiger partial charge in [-0.15, -0.1) is 22.7 Å². The van der Waals surface area contributed by atoms with Crippen molar-refractivity contribution in [2.24, 2.45) is 0 Å². The van der Waals surface area contributed by atoms with Crippen molar-refractivity contribution in [1.82, 2.24) is 4.57 Å². The van der Waals surface area contributed by atoms with E-state index in [4.69, 9.17) is 0 Å². The van der Waals surface area contributed by atoms with E-state index in [-0.39, 0.29) is 0 Å². The van der Waals surface area contributed by atoms with Crippen LogP contribution in [0.4, 0.5) is 0 Å². The lowest BCUT2D eigenvalue weighted by molar-refractivity contribution is 1.20. The molecule has 0 saturated heterocycles. The summed E-state index contributed by atoms with van der Waals surface area (Å²) in [5.41, 5.74) is 6.51. The molecule has 0 radical (unpaired) electrons. The van der Waals surface area contributed by atoms with E-state index in [1.807, 2.05) is 34.8 Å². The predicted molar refractivity (Wildman–Crippen MR) is 177 cm³/mol. The van der Waals surface area contributed by atoms with Gasteiger partial charge in [-0.05, 0) is 65.7 Å². The Balaban J connectivity index is 1.28. The molecule has 41 heavy (non-hydrogen) atoms. The van der Waals surface area contributed by atoms with Gasteiger partial charge in [-0.2, -0.15) is 5.26 Å². The average Bonchev–Trinajstić information content (AvgIpc) is 3.69. The maximum atomic E-state index is 9.66. The highest BCUT2D eigenvalue weighted by Gasteiger charge is 2.17. The zero-order valence-corrected chi connectivity index (χ0v) is 23.4. The molecule has 9 aromatic rings. The van der Waals surface area contributed by atoms with E-state index in [1.165, 1.54) is 56.9 Å². The van der Waals surface area contributed by atoms with Crippen LogP contribution in [-0.2, 0) is 0 Å². The molecule has 0 saturated carbocycles. The Morgan fingerprint density at radius 2 is 1.15 bits per heavy atom. The topological polar surface area (TPSA) is 28.7 Å². The maximum absolute atomic E-state index is 9.66. The van der Waals surface area contributed by atoms with Gasteiger partial charge in [0, 0.05) is 46.4 Å². The van der Waals surface area contributed by atoms with Gasteiger partial charge in [-0.25, -0.2) is 0 Å². The van der Waals surface area contributed by atoms with Crippen LogP contribution in [0.25, 0.3) is 79.0 Å². The molecule has 0 amide bonds. The summed E-state index contributed by atoms with van der Waals surface area (Å²) in [4.78, 5) is 0. The van der Waals surface area contributed by atoms with Crippen molar-refractivity contribution in [2.45, 2.75) is 0 Å². The van der Waals surface area contributed by atoms with Crippen LogP contribution in [0.5, 0.6) is 0 Å². The highest BCUT2D eigenvalue weighted by molar-refractivity contribution is 7.26. The van der Waals surface area contributed by atoms with Gasteiger partial charge in [-0.3, -0.25) is 0 Å². The van der Waals surface area contributed by atoms with Gasteiger partial charge in [0.15, 0.2) is 0 Å². The number of nitrogens with zero attached hydrogens (tertiary/aromatic N) is 2. The molecular formula is C37H20N2S2. The zero-order chi connectivity index (χ0) is 27.1. The Morgan fingerprint density at radius 3 is 1.98 bits per heavy atom. The number of nitriles is 1. The number of fused-ring (bicyclic) bond motifs is 9. The van der Waals surface area contributed by atoms with Crippen molar-refractivity contribution >= 4 is 84.8 Å². The van der Waals surface area contributed by atoms with Gasteiger partial charge in [-0.1, -0.05) is 66.7 Å². The monoisotopic (exact) mass is 556 g/mol. The Bertz CT molecular complexity index is 2550. The lowest BCUT2D eigenvalue weighted by Crippen LogP contribution is -1.94. The van der Waals surface area contributed by atoms with Crippen molar-refractivity contribution in [3.63, 3.8) is 0 Å². The van der Waals surface area contributed by atoms with Crippen LogP contribution in [0.15, 0.2) is 121 Å². The van der Waals surface area contributed by atoms with Gasteiger partial charge in [0.1, 0.15) is 0 Å². The molecule has 0 bridgehead atoms. The third kappa shape index (κ3) is 3.28. The Labute approximate surface area is 243 Å². The zero-order valence-electron chi connectivity index (χ0n) is 21.8. The normalized spacial score (nSPS) is 11.9. The second kappa shape index (κ2) is 8.52. The molecule has 0 aliphatic heterocycles. The maximum Gasteiger partial charge on any atom is 0.0992 e. The molecule has 6 aromatic carbocycles. The fraction of sp³-hybridized carbons (Fsp3) is 0. The van der Waals surface area contributed by atoms with E-state index in [1.54, 1.807) is 0 Å². The largest absolute Gasteiger partial charge is 0.308 e. The molecule has 3 aromatic heterocycles. The van der Waals surface area contributed by atoms with Gasteiger partial charge in [0.05, 0.1) is 33.1 Å². The van der Waals surface area contributed by atoms with Crippen molar-refractivity contribution in [1.29, 1.82) is 5.26 Å². The molecule has 0 aliphatic carbocycles. The van der Waals surface area contributed by atoms with Crippen LogP contribution in [0.2, 0.25) is 0 Å². The standard InChI is InChI=1S/C37H20N2S2/c38-21-22-12-15-26-25-6-1-3-9-31(25)39(33(26)18-22)32-10-5-8-28-30-20-24(14-17-36(30)41-37(28)32)23-13-16-35-29(19-23)27-7-2-4-11-34(27)40-35/h1-20H. The van der Waals surface area contributed by atoms with Crippen molar-refractivity contribution in [2.75, 3.05) is 0 Å². The third-order valence-electron chi connectivity index (χ3n) is 8.23. The predicted octanol–water partition coefficient (Wildman–Crippen LogP) is 11.1. The van der Waals surface area contributed by atoms with Gasteiger partial charge in [0.25, 0.3) is 0 Å². The van der Waals surface area contributed by atoms with Crippen LogP contribution >= 0.6 is 22.7 Å². The fourth-order valence-electron chi connectivity index (χ4n) is 6.34. The first-order valence-electron chi connectivity index (χ1n) is 13.6. The molecule has 0 fully saturated rings. The van der Waals surface area contributed by atoms with E-state index < -0.39 is 0 Å². The molecule has 4 heteroatoms. The number of hydrogen-bond donors (Lipinski definition) is 0. The van der Waals surface area contributed by atoms with Crippen molar-refractivity contribution in [3.8, 4) is 22.9 Å². The highest BCUT2D eigenvalue weighted by atomic mass is 32.1. The second-order valence-corrected chi connectivity index (χ2v) is 12.6. The molecule has 0 aliphatic rings. The summed E-state index contributed by atoms with van der Waals surface area (Å²) < 4.78 is 7.52. The van der Waals surface area contributed by atoms with E-state index in [2.05, 4.69) is 120 Å². The number of rotatable bonds is 2. The summed E-state index contributed by atoms with van der Waals surface area (Å²) in [6.07, 6.45) is 0. The smallest absolute Gasteiger partial charge is 0.0992 e. The number of hydrogen-bond acceptors (Lipinski definition) is 3. The van der Waals surface area contributed by atoms with E-state index in [9.17, 15) is 5.26 Å². The molecule has 2 nitrogen and oxygen atoms in total. The average molecular weight is 557 g/mol. The minimum atomic E-state index is 0.671. The first kappa shape index (κ1) is 22.8. The lowest BCUT2D eigenvalue weighted by atomic mass is 10.0. The fourth-order valence-corrected chi connectivity index (χ4v) is 8.62. The van der Waals surface area contributed by atoms with Crippen LogP contribution in [0, 0.1) is 11.3 Å². The molecule has 9 rings (SSSR count). The molecule has 0 spiro atoms. The summed E-state index contributed by atoms with van der Waals surface area (Å²) in [6, 6.07) is 45.9. The molecular weight excluding hydrogens is 537 g/mol. The summed E-state index contributed by atoms with van der Waals surface area (Å²) in [7, 11) is 0. The molecule has 0 unspecified atom stereocenters. The SMILES string of the molecule is N#Cc1ccc2c3ccccc3n(-c3cccc4c3sc3ccc(-c5ccc6sc7ccccc7c6c5)cc34)c2c1. The number of aromatic nitrogens is 1. The lowest BCUT2D eigenvalue weighted by Gasteiger charge is -2.09. The van der Waals surface area contributed by atoms with Crippen LogP contribution in [0.3, 0.4) is 0 Å². The number of benzene rings is 6. The Kier molecular flexibility index (Phi) is 4.74. The molecule has 0 N–H and O–H groups in total.